The number of hydrogen-bond donors (Lipinski definition) is 0. The molecule has 0 bridgehead atoms. The largest absolute Gasteiger partial charge is 0.423 e. The molecule has 2 rings (SSSR count). The van der Waals surface area contributed by atoms with Crippen LogP contribution in [0.2, 0.25) is 0 Å². The maximum Gasteiger partial charge on any atom is 0.336 e. The average molecular weight is 266 g/mol. The van der Waals surface area contributed by atoms with E-state index in [-0.39, 0.29) is 0 Å². The molecular weight excluding hydrogens is 252 g/mol. The van der Waals surface area contributed by atoms with E-state index in [9.17, 15) is 9.59 Å². The Morgan fingerprint density at radius 2 is 1.55 bits per heavy atom. The van der Waals surface area contributed by atoms with Gasteiger partial charge >= 0.3 is 5.97 Å². The highest BCUT2D eigenvalue weighted by molar-refractivity contribution is 5.88. The van der Waals surface area contributed by atoms with Crippen LogP contribution in [-0.4, -0.2) is 12.3 Å². The zero-order valence-electron chi connectivity index (χ0n) is 11.1. The van der Waals surface area contributed by atoms with E-state index in [4.69, 9.17) is 4.74 Å². The standard InChI is InChI=1S/C17H14O3/c1-13-2-4-14(5-3-13)8-11-17(19)20-16-9-6-15(12-18)7-10-16/h2-12H,1H3. The lowest BCUT2D eigenvalue weighted by Gasteiger charge is -2.01. The van der Waals surface area contributed by atoms with E-state index in [0.29, 0.717) is 11.3 Å². The van der Waals surface area contributed by atoms with Crippen molar-refractivity contribution in [1.29, 1.82) is 0 Å². The van der Waals surface area contributed by atoms with E-state index in [0.717, 1.165) is 11.8 Å². The highest BCUT2D eigenvalue weighted by atomic mass is 16.5. The van der Waals surface area contributed by atoms with Gasteiger partial charge in [0.05, 0.1) is 0 Å². The summed E-state index contributed by atoms with van der Waals surface area (Å²) < 4.78 is 5.12. The fourth-order valence-electron chi connectivity index (χ4n) is 1.61. The molecule has 20 heavy (non-hydrogen) atoms. The van der Waals surface area contributed by atoms with Crippen molar-refractivity contribution < 1.29 is 14.3 Å². The van der Waals surface area contributed by atoms with Gasteiger partial charge in [-0.15, -0.1) is 0 Å². The molecule has 0 fully saturated rings. The van der Waals surface area contributed by atoms with Crippen LogP contribution in [0.25, 0.3) is 6.08 Å². The summed E-state index contributed by atoms with van der Waals surface area (Å²) in [6, 6.07) is 14.2. The van der Waals surface area contributed by atoms with Crippen molar-refractivity contribution >= 4 is 18.3 Å². The van der Waals surface area contributed by atoms with Crippen LogP contribution in [-0.2, 0) is 4.79 Å². The maximum absolute atomic E-state index is 11.6. The summed E-state index contributed by atoms with van der Waals surface area (Å²) in [4.78, 5) is 22.1. The molecule has 2 aromatic carbocycles. The lowest BCUT2D eigenvalue weighted by molar-refractivity contribution is -0.128. The predicted octanol–water partition coefficient (Wildman–Crippen LogP) is 3.43. The number of aryl methyl sites for hydroxylation is 1. The van der Waals surface area contributed by atoms with Gasteiger partial charge in [-0.25, -0.2) is 4.79 Å². The predicted molar refractivity (Wildman–Crippen MR) is 77.7 cm³/mol. The van der Waals surface area contributed by atoms with Crippen molar-refractivity contribution in [1.82, 2.24) is 0 Å². The van der Waals surface area contributed by atoms with Crippen LogP contribution in [0.5, 0.6) is 5.75 Å². The zero-order chi connectivity index (χ0) is 14.4. The smallest absolute Gasteiger partial charge is 0.336 e. The van der Waals surface area contributed by atoms with Crippen molar-refractivity contribution in [3.05, 3.63) is 71.3 Å². The first kappa shape index (κ1) is 13.7. The van der Waals surface area contributed by atoms with E-state index in [2.05, 4.69) is 0 Å². The molecule has 0 N–H and O–H groups in total. The zero-order valence-corrected chi connectivity index (χ0v) is 11.1. The second-order valence-electron chi connectivity index (χ2n) is 4.35. The molecular formula is C17H14O3. The molecule has 0 saturated carbocycles. The molecule has 3 nitrogen and oxygen atoms in total. The Kier molecular flexibility index (Phi) is 4.45. The topological polar surface area (TPSA) is 43.4 Å². The van der Waals surface area contributed by atoms with Crippen LogP contribution in [0, 0.1) is 6.92 Å². The minimum absolute atomic E-state index is 0.411. The Morgan fingerprint density at radius 1 is 0.950 bits per heavy atom. The van der Waals surface area contributed by atoms with E-state index >= 15 is 0 Å². The highest BCUT2D eigenvalue weighted by Crippen LogP contribution is 2.12. The molecule has 0 saturated heterocycles. The minimum Gasteiger partial charge on any atom is -0.423 e. The van der Waals surface area contributed by atoms with Crippen LogP contribution in [0.1, 0.15) is 21.5 Å². The molecule has 0 unspecified atom stereocenters. The lowest BCUT2D eigenvalue weighted by Crippen LogP contribution is -2.03. The van der Waals surface area contributed by atoms with Crippen molar-refractivity contribution in [2.45, 2.75) is 6.92 Å². The van der Waals surface area contributed by atoms with Gasteiger partial charge in [-0.3, -0.25) is 4.79 Å². The molecule has 0 aliphatic carbocycles. The number of aldehydes is 1. The molecule has 0 atom stereocenters. The van der Waals surface area contributed by atoms with Crippen molar-refractivity contribution in [3.63, 3.8) is 0 Å². The molecule has 0 amide bonds. The fourth-order valence-corrected chi connectivity index (χ4v) is 1.61. The lowest BCUT2D eigenvalue weighted by atomic mass is 10.1. The van der Waals surface area contributed by atoms with Crippen molar-refractivity contribution in [2.24, 2.45) is 0 Å². The highest BCUT2D eigenvalue weighted by Gasteiger charge is 2.00. The van der Waals surface area contributed by atoms with E-state index in [1.165, 1.54) is 11.6 Å². The van der Waals surface area contributed by atoms with Crippen LogP contribution < -0.4 is 4.74 Å². The molecule has 2 aromatic rings. The van der Waals surface area contributed by atoms with Crippen molar-refractivity contribution in [2.75, 3.05) is 0 Å². The van der Waals surface area contributed by atoms with E-state index in [1.807, 2.05) is 31.2 Å². The average Bonchev–Trinajstić information content (AvgIpc) is 2.47. The van der Waals surface area contributed by atoms with Gasteiger partial charge < -0.3 is 4.74 Å². The first-order chi connectivity index (χ1) is 9.67. The van der Waals surface area contributed by atoms with E-state index in [1.54, 1.807) is 30.3 Å². The van der Waals surface area contributed by atoms with Crippen LogP contribution in [0.15, 0.2) is 54.6 Å². The van der Waals surface area contributed by atoms with Crippen LogP contribution in [0.4, 0.5) is 0 Å². The monoisotopic (exact) mass is 266 g/mol. The molecule has 0 aromatic heterocycles. The molecule has 0 aliphatic rings. The van der Waals surface area contributed by atoms with Gasteiger partial charge in [-0.05, 0) is 42.8 Å². The van der Waals surface area contributed by atoms with Crippen LogP contribution >= 0.6 is 0 Å². The molecule has 0 spiro atoms. The number of benzene rings is 2. The molecule has 0 heterocycles. The summed E-state index contributed by atoms with van der Waals surface area (Å²) in [7, 11) is 0. The molecule has 0 aliphatic heterocycles. The van der Waals surface area contributed by atoms with Crippen molar-refractivity contribution in [3.8, 4) is 5.75 Å². The fraction of sp³-hybridized carbons (Fsp3) is 0.0588. The maximum atomic E-state index is 11.6. The first-order valence-electron chi connectivity index (χ1n) is 6.19. The number of esters is 1. The number of hydrogen-bond acceptors (Lipinski definition) is 3. The molecule has 3 heteroatoms. The van der Waals surface area contributed by atoms with Gasteiger partial charge in [0.15, 0.2) is 0 Å². The summed E-state index contributed by atoms with van der Waals surface area (Å²) in [5.41, 5.74) is 2.64. The number of carbonyl (C=O) groups excluding carboxylic acids is 2. The third-order valence-electron chi connectivity index (χ3n) is 2.72. The van der Waals surface area contributed by atoms with Gasteiger partial charge in [-0.2, -0.15) is 0 Å². The number of ether oxygens (including phenoxy) is 1. The van der Waals surface area contributed by atoms with Gasteiger partial charge in [0.2, 0.25) is 0 Å². The summed E-state index contributed by atoms with van der Waals surface area (Å²) in [5, 5.41) is 0. The van der Waals surface area contributed by atoms with Crippen LogP contribution in [0.3, 0.4) is 0 Å². The summed E-state index contributed by atoms with van der Waals surface area (Å²) in [6.45, 7) is 2.00. The van der Waals surface area contributed by atoms with E-state index < -0.39 is 5.97 Å². The Labute approximate surface area is 117 Å². The van der Waals surface area contributed by atoms with Gasteiger partial charge in [-0.1, -0.05) is 29.8 Å². The normalized spacial score (nSPS) is 10.4. The Morgan fingerprint density at radius 3 is 2.15 bits per heavy atom. The molecule has 100 valence electrons. The quantitative estimate of drug-likeness (QED) is 0.368. The number of carbonyl (C=O) groups is 2. The Hall–Kier alpha value is -2.68. The first-order valence-corrected chi connectivity index (χ1v) is 6.19. The summed E-state index contributed by atoms with van der Waals surface area (Å²) >= 11 is 0. The Bertz CT molecular complexity index is 622. The summed E-state index contributed by atoms with van der Waals surface area (Å²) in [5.74, 6) is -0.0430. The Balaban J connectivity index is 1.97. The van der Waals surface area contributed by atoms with Gasteiger partial charge in [0.25, 0.3) is 0 Å². The number of rotatable bonds is 4. The van der Waals surface area contributed by atoms with Gasteiger partial charge in [0.1, 0.15) is 12.0 Å². The third kappa shape index (κ3) is 3.92. The SMILES string of the molecule is Cc1ccc(C=CC(=O)Oc2ccc(C=O)cc2)cc1. The second kappa shape index (κ2) is 6.48. The van der Waals surface area contributed by atoms with Gasteiger partial charge in [0, 0.05) is 11.6 Å². The second-order valence-corrected chi connectivity index (χ2v) is 4.35. The molecule has 0 radical (unpaired) electrons. The summed E-state index contributed by atoms with van der Waals surface area (Å²) in [6.07, 6.45) is 3.81. The third-order valence-corrected chi connectivity index (χ3v) is 2.72. The minimum atomic E-state index is -0.454.